The SMILES string of the molecule is CC(CN)CCCNc1ccn2nccc2n1. The summed E-state index contributed by atoms with van der Waals surface area (Å²) in [6.45, 7) is 3.87. The van der Waals surface area contributed by atoms with Gasteiger partial charge in [0.25, 0.3) is 0 Å². The highest BCUT2D eigenvalue weighted by Crippen LogP contribution is 2.07. The third kappa shape index (κ3) is 3.17. The summed E-state index contributed by atoms with van der Waals surface area (Å²) in [5, 5.41) is 7.42. The molecular weight excluding hydrogens is 214 g/mol. The third-order valence-corrected chi connectivity index (χ3v) is 2.84. The van der Waals surface area contributed by atoms with Gasteiger partial charge in [0.1, 0.15) is 5.82 Å². The summed E-state index contributed by atoms with van der Waals surface area (Å²) in [6.07, 6.45) is 5.92. The predicted molar refractivity (Wildman–Crippen MR) is 68.9 cm³/mol. The Morgan fingerprint density at radius 3 is 3.18 bits per heavy atom. The number of rotatable bonds is 6. The van der Waals surface area contributed by atoms with Crippen molar-refractivity contribution in [3.8, 4) is 0 Å². The maximum Gasteiger partial charge on any atom is 0.157 e. The summed E-state index contributed by atoms with van der Waals surface area (Å²) in [6, 6.07) is 3.83. The van der Waals surface area contributed by atoms with Gasteiger partial charge in [0.05, 0.1) is 6.20 Å². The molecule has 5 heteroatoms. The van der Waals surface area contributed by atoms with Crippen molar-refractivity contribution in [3.63, 3.8) is 0 Å². The molecule has 2 heterocycles. The fourth-order valence-electron chi connectivity index (χ4n) is 1.70. The van der Waals surface area contributed by atoms with Crippen LogP contribution in [0, 0.1) is 5.92 Å². The number of hydrogen-bond donors (Lipinski definition) is 2. The predicted octanol–water partition coefficient (Wildman–Crippen LogP) is 1.52. The molecule has 2 aromatic heterocycles. The van der Waals surface area contributed by atoms with E-state index in [1.165, 1.54) is 0 Å². The normalized spacial score (nSPS) is 12.8. The van der Waals surface area contributed by atoms with Gasteiger partial charge < -0.3 is 11.1 Å². The minimum atomic E-state index is 0.599. The Bertz CT molecular complexity index is 465. The van der Waals surface area contributed by atoms with E-state index in [9.17, 15) is 0 Å². The van der Waals surface area contributed by atoms with Crippen molar-refractivity contribution in [1.29, 1.82) is 0 Å². The van der Waals surface area contributed by atoms with Gasteiger partial charge in [-0.05, 0) is 31.4 Å². The highest BCUT2D eigenvalue weighted by Gasteiger charge is 2.00. The van der Waals surface area contributed by atoms with Crippen molar-refractivity contribution in [2.75, 3.05) is 18.4 Å². The lowest BCUT2D eigenvalue weighted by molar-refractivity contribution is 0.529. The highest BCUT2D eigenvalue weighted by atomic mass is 15.2. The summed E-state index contributed by atoms with van der Waals surface area (Å²) in [5.74, 6) is 1.50. The lowest BCUT2D eigenvalue weighted by atomic mass is 10.1. The first-order valence-corrected chi connectivity index (χ1v) is 6.04. The minimum Gasteiger partial charge on any atom is -0.370 e. The first-order chi connectivity index (χ1) is 8.29. The van der Waals surface area contributed by atoms with E-state index >= 15 is 0 Å². The van der Waals surface area contributed by atoms with Crippen LogP contribution in [0.2, 0.25) is 0 Å². The van der Waals surface area contributed by atoms with E-state index in [0.29, 0.717) is 5.92 Å². The molecular formula is C12H19N5. The summed E-state index contributed by atoms with van der Waals surface area (Å²) in [7, 11) is 0. The van der Waals surface area contributed by atoms with E-state index in [1.54, 1.807) is 10.7 Å². The summed E-state index contributed by atoms with van der Waals surface area (Å²) >= 11 is 0. The lowest BCUT2D eigenvalue weighted by Gasteiger charge is -2.09. The number of fused-ring (bicyclic) bond motifs is 1. The van der Waals surface area contributed by atoms with Crippen LogP contribution in [-0.4, -0.2) is 27.7 Å². The van der Waals surface area contributed by atoms with E-state index < -0.39 is 0 Å². The Balaban J connectivity index is 1.82. The lowest BCUT2D eigenvalue weighted by Crippen LogP contribution is -2.12. The van der Waals surface area contributed by atoms with Crippen molar-refractivity contribution in [2.45, 2.75) is 19.8 Å². The maximum absolute atomic E-state index is 5.57. The van der Waals surface area contributed by atoms with Gasteiger partial charge in [-0.15, -0.1) is 0 Å². The molecule has 0 saturated heterocycles. The first-order valence-electron chi connectivity index (χ1n) is 6.04. The third-order valence-electron chi connectivity index (χ3n) is 2.84. The second-order valence-electron chi connectivity index (χ2n) is 4.36. The molecule has 5 nitrogen and oxygen atoms in total. The largest absolute Gasteiger partial charge is 0.370 e. The van der Waals surface area contributed by atoms with E-state index in [1.807, 2.05) is 18.3 Å². The zero-order valence-corrected chi connectivity index (χ0v) is 10.1. The molecule has 0 aliphatic heterocycles. The van der Waals surface area contributed by atoms with Gasteiger partial charge in [-0.1, -0.05) is 6.92 Å². The van der Waals surface area contributed by atoms with Gasteiger partial charge in [-0.3, -0.25) is 0 Å². The van der Waals surface area contributed by atoms with Gasteiger partial charge in [0.15, 0.2) is 5.65 Å². The zero-order chi connectivity index (χ0) is 12.1. The van der Waals surface area contributed by atoms with Gasteiger partial charge in [-0.2, -0.15) is 5.10 Å². The van der Waals surface area contributed by atoms with E-state index in [-0.39, 0.29) is 0 Å². The Kier molecular flexibility index (Phi) is 3.93. The Hall–Kier alpha value is -1.62. The summed E-state index contributed by atoms with van der Waals surface area (Å²) in [4.78, 5) is 4.44. The van der Waals surface area contributed by atoms with Crippen LogP contribution in [0.5, 0.6) is 0 Å². The fraction of sp³-hybridized carbons (Fsp3) is 0.500. The number of nitrogens with zero attached hydrogens (tertiary/aromatic N) is 3. The number of hydrogen-bond acceptors (Lipinski definition) is 4. The smallest absolute Gasteiger partial charge is 0.157 e. The summed E-state index contributed by atoms with van der Waals surface area (Å²) in [5.41, 5.74) is 6.44. The Labute approximate surface area is 101 Å². The van der Waals surface area contributed by atoms with Gasteiger partial charge in [-0.25, -0.2) is 9.50 Å². The van der Waals surface area contributed by atoms with Crippen LogP contribution in [-0.2, 0) is 0 Å². The van der Waals surface area contributed by atoms with Crippen molar-refractivity contribution in [2.24, 2.45) is 11.7 Å². The number of anilines is 1. The topological polar surface area (TPSA) is 68.2 Å². The van der Waals surface area contributed by atoms with Crippen LogP contribution >= 0.6 is 0 Å². The average molecular weight is 233 g/mol. The maximum atomic E-state index is 5.57. The molecule has 0 amide bonds. The molecule has 0 bridgehead atoms. The van der Waals surface area contributed by atoms with Crippen molar-refractivity contribution >= 4 is 11.5 Å². The Morgan fingerprint density at radius 2 is 2.35 bits per heavy atom. The van der Waals surface area contributed by atoms with Crippen LogP contribution in [0.1, 0.15) is 19.8 Å². The minimum absolute atomic E-state index is 0.599. The van der Waals surface area contributed by atoms with Crippen LogP contribution in [0.4, 0.5) is 5.82 Å². The van der Waals surface area contributed by atoms with Crippen LogP contribution in [0.15, 0.2) is 24.5 Å². The molecule has 2 rings (SSSR count). The van der Waals surface area contributed by atoms with Crippen molar-refractivity contribution in [1.82, 2.24) is 14.6 Å². The Morgan fingerprint density at radius 1 is 1.47 bits per heavy atom. The van der Waals surface area contributed by atoms with Crippen LogP contribution < -0.4 is 11.1 Å². The molecule has 0 fully saturated rings. The molecule has 17 heavy (non-hydrogen) atoms. The molecule has 0 aromatic carbocycles. The molecule has 2 aromatic rings. The second-order valence-corrected chi connectivity index (χ2v) is 4.36. The second kappa shape index (κ2) is 5.63. The average Bonchev–Trinajstić information content (AvgIpc) is 2.81. The molecule has 0 aliphatic carbocycles. The van der Waals surface area contributed by atoms with Gasteiger partial charge in [0, 0.05) is 18.8 Å². The molecule has 0 saturated carbocycles. The van der Waals surface area contributed by atoms with E-state index in [4.69, 9.17) is 5.73 Å². The van der Waals surface area contributed by atoms with Crippen LogP contribution in [0.3, 0.4) is 0 Å². The van der Waals surface area contributed by atoms with Crippen LogP contribution in [0.25, 0.3) is 5.65 Å². The number of nitrogens with one attached hydrogen (secondary N) is 1. The highest BCUT2D eigenvalue weighted by molar-refractivity contribution is 5.45. The van der Waals surface area contributed by atoms with Crippen molar-refractivity contribution in [3.05, 3.63) is 24.5 Å². The standard InChI is InChI=1S/C12H19N5/c1-10(9-13)3-2-6-14-11-5-8-17-12(16-11)4-7-15-17/h4-5,7-8,10H,2-3,6,9,13H2,1H3,(H,14,16). The molecule has 3 N–H and O–H groups in total. The quantitative estimate of drug-likeness (QED) is 0.742. The van der Waals surface area contributed by atoms with Gasteiger partial charge >= 0.3 is 0 Å². The molecule has 0 aliphatic rings. The fourth-order valence-corrected chi connectivity index (χ4v) is 1.70. The van der Waals surface area contributed by atoms with Crippen molar-refractivity contribution < 1.29 is 0 Å². The monoisotopic (exact) mass is 233 g/mol. The molecule has 92 valence electrons. The molecule has 0 spiro atoms. The molecule has 0 radical (unpaired) electrons. The number of nitrogens with two attached hydrogens (primary N) is 1. The first kappa shape index (κ1) is 11.9. The van der Waals surface area contributed by atoms with Gasteiger partial charge in [0.2, 0.25) is 0 Å². The zero-order valence-electron chi connectivity index (χ0n) is 10.1. The molecule has 1 unspecified atom stereocenters. The number of aromatic nitrogens is 3. The molecule has 1 atom stereocenters. The van der Waals surface area contributed by atoms with E-state index in [0.717, 1.165) is 37.4 Å². The van der Waals surface area contributed by atoms with E-state index in [2.05, 4.69) is 22.3 Å². The summed E-state index contributed by atoms with van der Waals surface area (Å²) < 4.78 is 1.75.